The zero-order valence-corrected chi connectivity index (χ0v) is 10.8. The van der Waals surface area contributed by atoms with Crippen LogP contribution in [-0.4, -0.2) is 10.6 Å². The number of carbonyl (C=O) groups excluding carboxylic acids is 1. The Labute approximate surface area is 115 Å². The van der Waals surface area contributed by atoms with Crippen LogP contribution in [0.15, 0.2) is 60.8 Å². The van der Waals surface area contributed by atoms with Gasteiger partial charge in [0.25, 0.3) is 0 Å². The molecule has 0 atom stereocenters. The summed E-state index contributed by atoms with van der Waals surface area (Å²) in [5.41, 5.74) is 1.55. The van der Waals surface area contributed by atoms with Crippen molar-refractivity contribution in [1.29, 1.82) is 0 Å². The molecule has 0 spiro atoms. The lowest BCUT2D eigenvalue weighted by molar-refractivity contribution is 0.254. The smallest absolute Gasteiger partial charge is 0.307 e. The van der Waals surface area contributed by atoms with E-state index in [4.69, 9.17) is 11.6 Å². The van der Waals surface area contributed by atoms with Crippen molar-refractivity contribution in [1.82, 2.24) is 4.57 Å². The van der Waals surface area contributed by atoms with E-state index in [2.05, 4.69) is 5.32 Å². The first-order valence-corrected chi connectivity index (χ1v) is 6.25. The van der Waals surface area contributed by atoms with Crippen LogP contribution in [0.4, 0.5) is 10.5 Å². The van der Waals surface area contributed by atoms with Crippen molar-refractivity contribution in [3.8, 4) is 0 Å². The molecule has 0 aliphatic rings. The van der Waals surface area contributed by atoms with Crippen LogP contribution >= 0.6 is 11.6 Å². The van der Waals surface area contributed by atoms with Gasteiger partial charge in [0.15, 0.2) is 0 Å². The van der Waals surface area contributed by atoms with Gasteiger partial charge in [0.2, 0.25) is 0 Å². The van der Waals surface area contributed by atoms with Crippen LogP contribution in [0.25, 0.3) is 10.9 Å². The minimum atomic E-state index is -0.205. The summed E-state index contributed by atoms with van der Waals surface area (Å²) in [5, 5.41) is 4.44. The molecule has 0 fully saturated rings. The second-order valence-corrected chi connectivity index (χ2v) is 4.62. The molecular formula is C15H11ClN2O. The van der Waals surface area contributed by atoms with E-state index in [1.807, 2.05) is 30.3 Å². The molecule has 0 aliphatic carbocycles. The van der Waals surface area contributed by atoms with Gasteiger partial charge in [-0.05, 0) is 30.3 Å². The summed E-state index contributed by atoms with van der Waals surface area (Å²) in [6.07, 6.45) is 1.75. The van der Waals surface area contributed by atoms with Gasteiger partial charge in [0.05, 0.1) is 5.52 Å². The molecule has 0 aliphatic heterocycles. The van der Waals surface area contributed by atoms with Crippen molar-refractivity contribution in [3.05, 3.63) is 65.8 Å². The summed E-state index contributed by atoms with van der Waals surface area (Å²) in [6, 6.07) is 16.5. The van der Waals surface area contributed by atoms with E-state index >= 15 is 0 Å². The minimum absolute atomic E-state index is 0.205. The van der Waals surface area contributed by atoms with Crippen LogP contribution in [0.2, 0.25) is 5.02 Å². The number of amides is 1. The van der Waals surface area contributed by atoms with Crippen LogP contribution in [-0.2, 0) is 0 Å². The molecule has 19 heavy (non-hydrogen) atoms. The lowest BCUT2D eigenvalue weighted by Gasteiger charge is -2.07. The molecule has 3 nitrogen and oxygen atoms in total. The largest absolute Gasteiger partial charge is 0.330 e. The highest BCUT2D eigenvalue weighted by Crippen LogP contribution is 2.18. The Morgan fingerprint density at radius 3 is 2.74 bits per heavy atom. The first-order valence-electron chi connectivity index (χ1n) is 5.87. The highest BCUT2D eigenvalue weighted by molar-refractivity contribution is 6.30. The highest BCUT2D eigenvalue weighted by Gasteiger charge is 2.08. The molecule has 0 radical (unpaired) electrons. The number of fused-ring (bicyclic) bond motifs is 1. The number of nitrogens with one attached hydrogen (secondary N) is 1. The van der Waals surface area contributed by atoms with Gasteiger partial charge in [0.1, 0.15) is 0 Å². The Hall–Kier alpha value is -2.26. The number of carbonyl (C=O) groups is 1. The summed E-state index contributed by atoms with van der Waals surface area (Å²) >= 11 is 5.89. The first-order chi connectivity index (χ1) is 9.24. The number of hydrogen-bond donors (Lipinski definition) is 1. The van der Waals surface area contributed by atoms with E-state index in [1.54, 1.807) is 35.0 Å². The number of halogens is 1. The topological polar surface area (TPSA) is 34.0 Å². The number of benzene rings is 2. The third kappa shape index (κ3) is 2.33. The van der Waals surface area contributed by atoms with Gasteiger partial charge >= 0.3 is 6.03 Å². The molecular weight excluding hydrogens is 260 g/mol. The molecule has 1 amide bonds. The maximum absolute atomic E-state index is 12.2. The molecule has 0 saturated carbocycles. The van der Waals surface area contributed by atoms with Crippen LogP contribution in [0, 0.1) is 0 Å². The van der Waals surface area contributed by atoms with Crippen molar-refractivity contribution < 1.29 is 4.79 Å². The van der Waals surface area contributed by atoms with Gasteiger partial charge < -0.3 is 5.32 Å². The van der Waals surface area contributed by atoms with E-state index in [9.17, 15) is 4.79 Å². The van der Waals surface area contributed by atoms with Gasteiger partial charge in [-0.3, -0.25) is 4.57 Å². The van der Waals surface area contributed by atoms with Crippen LogP contribution in [0.3, 0.4) is 0 Å². The lowest BCUT2D eigenvalue weighted by Crippen LogP contribution is -2.18. The summed E-state index contributed by atoms with van der Waals surface area (Å²) < 4.78 is 1.58. The summed E-state index contributed by atoms with van der Waals surface area (Å²) in [6.45, 7) is 0. The third-order valence-corrected chi connectivity index (χ3v) is 3.13. The maximum Gasteiger partial charge on any atom is 0.330 e. The van der Waals surface area contributed by atoms with E-state index in [0.717, 1.165) is 10.9 Å². The first kappa shape index (κ1) is 11.8. The second kappa shape index (κ2) is 4.78. The fourth-order valence-electron chi connectivity index (χ4n) is 2.01. The molecule has 94 valence electrons. The Morgan fingerprint density at radius 2 is 1.89 bits per heavy atom. The molecule has 0 bridgehead atoms. The fourth-order valence-corrected chi connectivity index (χ4v) is 2.20. The van der Waals surface area contributed by atoms with Crippen molar-refractivity contribution >= 4 is 34.2 Å². The molecule has 0 unspecified atom stereocenters. The molecule has 3 rings (SSSR count). The van der Waals surface area contributed by atoms with E-state index in [1.165, 1.54) is 0 Å². The monoisotopic (exact) mass is 270 g/mol. The molecule has 1 aromatic heterocycles. The van der Waals surface area contributed by atoms with E-state index < -0.39 is 0 Å². The van der Waals surface area contributed by atoms with Gasteiger partial charge in [0, 0.05) is 22.3 Å². The number of anilines is 1. The van der Waals surface area contributed by atoms with Gasteiger partial charge in [-0.25, -0.2) is 4.79 Å². The predicted molar refractivity (Wildman–Crippen MR) is 77.8 cm³/mol. The summed E-state index contributed by atoms with van der Waals surface area (Å²) in [7, 11) is 0. The third-order valence-electron chi connectivity index (χ3n) is 2.89. The minimum Gasteiger partial charge on any atom is -0.307 e. The van der Waals surface area contributed by atoms with Gasteiger partial charge in [-0.15, -0.1) is 0 Å². The Kier molecular flexibility index (Phi) is 2.97. The van der Waals surface area contributed by atoms with Crippen molar-refractivity contribution in [2.75, 3.05) is 5.32 Å². The average Bonchev–Trinajstić information content (AvgIpc) is 2.82. The van der Waals surface area contributed by atoms with E-state index in [-0.39, 0.29) is 6.03 Å². The summed E-state index contributed by atoms with van der Waals surface area (Å²) in [5.74, 6) is 0. The molecule has 1 N–H and O–H groups in total. The number of aromatic nitrogens is 1. The SMILES string of the molecule is O=C(Nc1cccc(Cl)c1)n1ccc2ccccc21. The molecule has 1 heterocycles. The zero-order valence-electron chi connectivity index (χ0n) is 10.0. The highest BCUT2D eigenvalue weighted by atomic mass is 35.5. The normalized spacial score (nSPS) is 10.6. The summed E-state index contributed by atoms with van der Waals surface area (Å²) in [4.78, 5) is 12.2. The predicted octanol–water partition coefficient (Wildman–Crippen LogP) is 4.37. The van der Waals surface area contributed by atoms with E-state index in [0.29, 0.717) is 10.7 Å². The van der Waals surface area contributed by atoms with Gasteiger partial charge in [-0.2, -0.15) is 0 Å². The Bertz CT molecular complexity index is 748. The van der Waals surface area contributed by atoms with Gasteiger partial charge in [-0.1, -0.05) is 35.9 Å². The van der Waals surface area contributed by atoms with Crippen molar-refractivity contribution in [2.24, 2.45) is 0 Å². The van der Waals surface area contributed by atoms with Crippen LogP contribution in [0.1, 0.15) is 0 Å². The number of nitrogens with zero attached hydrogens (tertiary/aromatic N) is 1. The molecule has 4 heteroatoms. The quantitative estimate of drug-likeness (QED) is 0.700. The number of para-hydroxylation sites is 1. The average molecular weight is 271 g/mol. The van der Waals surface area contributed by atoms with Crippen molar-refractivity contribution in [2.45, 2.75) is 0 Å². The Morgan fingerprint density at radius 1 is 1.05 bits per heavy atom. The van der Waals surface area contributed by atoms with Crippen LogP contribution in [0.5, 0.6) is 0 Å². The molecule has 2 aromatic carbocycles. The molecule has 3 aromatic rings. The fraction of sp³-hybridized carbons (Fsp3) is 0. The number of rotatable bonds is 1. The second-order valence-electron chi connectivity index (χ2n) is 4.19. The maximum atomic E-state index is 12.2. The standard InChI is InChI=1S/C15H11ClN2O/c16-12-5-3-6-13(10-12)17-15(19)18-9-8-11-4-1-2-7-14(11)18/h1-10H,(H,17,19). The zero-order chi connectivity index (χ0) is 13.2. The Balaban J connectivity index is 1.92. The lowest BCUT2D eigenvalue weighted by atomic mass is 10.2. The molecule has 0 saturated heterocycles. The van der Waals surface area contributed by atoms with Crippen molar-refractivity contribution in [3.63, 3.8) is 0 Å². The van der Waals surface area contributed by atoms with Crippen LogP contribution < -0.4 is 5.32 Å². The number of hydrogen-bond acceptors (Lipinski definition) is 1.